The molecule has 1 unspecified atom stereocenters. The second kappa shape index (κ2) is 8.42. The lowest BCUT2D eigenvalue weighted by Gasteiger charge is -2.18. The van der Waals surface area contributed by atoms with Crippen LogP contribution in [0.3, 0.4) is 0 Å². The molecule has 2 amide bonds. The highest BCUT2D eigenvalue weighted by Gasteiger charge is 2.24. The summed E-state index contributed by atoms with van der Waals surface area (Å²) in [5.41, 5.74) is -0.0789. The summed E-state index contributed by atoms with van der Waals surface area (Å²) in [7, 11) is 1.34. The van der Waals surface area contributed by atoms with E-state index in [1.54, 1.807) is 30.3 Å². The van der Waals surface area contributed by atoms with Crippen LogP contribution in [0.4, 0.5) is 8.78 Å². The van der Waals surface area contributed by atoms with E-state index >= 15 is 0 Å². The van der Waals surface area contributed by atoms with Gasteiger partial charge in [0, 0.05) is 13.1 Å². The maximum atomic E-state index is 13.6. The smallest absolute Gasteiger partial charge is 0.272 e. The monoisotopic (exact) mass is 398 g/mol. The Morgan fingerprint density at radius 3 is 2.38 bits per heavy atom. The van der Waals surface area contributed by atoms with E-state index in [0.717, 1.165) is 16.8 Å². The van der Waals surface area contributed by atoms with Crippen LogP contribution in [0.1, 0.15) is 22.1 Å². The van der Waals surface area contributed by atoms with Gasteiger partial charge in [-0.25, -0.2) is 8.78 Å². The van der Waals surface area contributed by atoms with Crippen LogP contribution in [0.5, 0.6) is 0 Å². The summed E-state index contributed by atoms with van der Waals surface area (Å²) in [5, 5.41) is 8.81. The van der Waals surface area contributed by atoms with Gasteiger partial charge in [0.2, 0.25) is 5.91 Å². The average molecular weight is 398 g/mol. The third kappa shape index (κ3) is 4.34. The molecule has 0 saturated carbocycles. The van der Waals surface area contributed by atoms with E-state index in [1.807, 2.05) is 0 Å². The van der Waals surface area contributed by atoms with Crippen LogP contribution in [0, 0.1) is 11.6 Å². The standard InChI is InChI=1S/C20H16F2N4O3/c1-23-20(29)18(12-7-8-14(21)15(22)11-12)24-19(28)16-9-10-17(27)26(25-16)13-5-3-2-4-6-13/h2-11,18H,1H3,(H,23,29)(H,24,28). The maximum absolute atomic E-state index is 13.6. The summed E-state index contributed by atoms with van der Waals surface area (Å²) >= 11 is 0. The van der Waals surface area contributed by atoms with Gasteiger partial charge in [0.1, 0.15) is 11.7 Å². The fourth-order valence-electron chi connectivity index (χ4n) is 2.63. The molecule has 9 heteroatoms. The lowest BCUT2D eigenvalue weighted by atomic mass is 10.1. The Balaban J connectivity index is 1.93. The van der Waals surface area contributed by atoms with Gasteiger partial charge in [-0.2, -0.15) is 9.78 Å². The van der Waals surface area contributed by atoms with Crippen molar-refractivity contribution in [1.82, 2.24) is 20.4 Å². The molecule has 0 bridgehead atoms. The minimum Gasteiger partial charge on any atom is -0.357 e. The molecule has 1 atom stereocenters. The van der Waals surface area contributed by atoms with E-state index in [1.165, 1.54) is 25.2 Å². The molecule has 0 spiro atoms. The summed E-state index contributed by atoms with van der Waals surface area (Å²) in [5.74, 6) is -3.64. The first-order chi connectivity index (χ1) is 13.9. The SMILES string of the molecule is CNC(=O)C(NC(=O)c1ccc(=O)n(-c2ccccc2)n1)c1ccc(F)c(F)c1. The van der Waals surface area contributed by atoms with Gasteiger partial charge in [0.15, 0.2) is 11.6 Å². The van der Waals surface area contributed by atoms with E-state index in [9.17, 15) is 23.2 Å². The molecular weight excluding hydrogens is 382 g/mol. The lowest BCUT2D eigenvalue weighted by molar-refractivity contribution is -0.122. The number of halogens is 2. The third-order valence-corrected chi connectivity index (χ3v) is 4.09. The summed E-state index contributed by atoms with van der Waals surface area (Å²) in [4.78, 5) is 36.9. The Labute approximate surface area is 164 Å². The van der Waals surface area contributed by atoms with Crippen molar-refractivity contribution in [2.75, 3.05) is 7.05 Å². The highest BCUT2D eigenvalue weighted by atomic mass is 19.2. The Hall–Kier alpha value is -3.88. The second-order valence-corrected chi connectivity index (χ2v) is 6.00. The number of benzene rings is 2. The van der Waals surface area contributed by atoms with Crippen LogP contribution in [-0.4, -0.2) is 28.6 Å². The van der Waals surface area contributed by atoms with Crippen LogP contribution in [0.25, 0.3) is 5.69 Å². The van der Waals surface area contributed by atoms with Crippen molar-refractivity contribution in [3.8, 4) is 5.69 Å². The Bertz CT molecular complexity index is 1120. The zero-order valence-corrected chi connectivity index (χ0v) is 15.2. The number of nitrogens with one attached hydrogen (secondary N) is 2. The molecule has 3 rings (SSSR count). The van der Waals surface area contributed by atoms with Crippen molar-refractivity contribution < 1.29 is 18.4 Å². The zero-order chi connectivity index (χ0) is 21.0. The van der Waals surface area contributed by atoms with Gasteiger partial charge in [-0.1, -0.05) is 24.3 Å². The second-order valence-electron chi connectivity index (χ2n) is 6.00. The molecule has 148 valence electrons. The number of hydrogen-bond acceptors (Lipinski definition) is 4. The minimum atomic E-state index is -1.29. The van der Waals surface area contributed by atoms with E-state index in [2.05, 4.69) is 15.7 Å². The summed E-state index contributed by atoms with van der Waals surface area (Å²) < 4.78 is 27.8. The fourth-order valence-corrected chi connectivity index (χ4v) is 2.63. The quantitative estimate of drug-likeness (QED) is 0.685. The zero-order valence-electron chi connectivity index (χ0n) is 15.2. The number of aromatic nitrogens is 2. The van der Waals surface area contributed by atoms with Crippen molar-refractivity contribution in [3.05, 3.63) is 93.9 Å². The fraction of sp³-hybridized carbons (Fsp3) is 0.100. The number of para-hydroxylation sites is 1. The molecule has 3 aromatic rings. The summed E-state index contributed by atoms with van der Waals surface area (Å²) in [6, 6.07) is 12.4. The Morgan fingerprint density at radius 1 is 1.00 bits per heavy atom. The summed E-state index contributed by atoms with van der Waals surface area (Å²) in [6.45, 7) is 0. The first kappa shape index (κ1) is 19.9. The first-order valence-corrected chi connectivity index (χ1v) is 8.54. The van der Waals surface area contributed by atoms with E-state index in [-0.39, 0.29) is 11.3 Å². The molecule has 0 saturated heterocycles. The van der Waals surface area contributed by atoms with Gasteiger partial charge in [-0.05, 0) is 35.9 Å². The molecule has 1 heterocycles. The molecule has 1 aromatic heterocycles. The Kier molecular flexibility index (Phi) is 5.77. The molecule has 0 fully saturated rings. The van der Waals surface area contributed by atoms with Crippen LogP contribution < -0.4 is 16.2 Å². The van der Waals surface area contributed by atoms with E-state index in [0.29, 0.717) is 5.69 Å². The molecule has 2 N–H and O–H groups in total. The topological polar surface area (TPSA) is 93.1 Å². The Morgan fingerprint density at radius 2 is 1.72 bits per heavy atom. The first-order valence-electron chi connectivity index (χ1n) is 8.54. The number of likely N-dealkylation sites (N-methyl/N-ethyl adjacent to an activating group) is 1. The van der Waals surface area contributed by atoms with E-state index in [4.69, 9.17) is 0 Å². The van der Waals surface area contributed by atoms with Gasteiger partial charge in [-0.3, -0.25) is 14.4 Å². The average Bonchev–Trinajstić information content (AvgIpc) is 2.74. The molecule has 0 aliphatic carbocycles. The molecule has 0 aliphatic rings. The lowest BCUT2D eigenvalue weighted by Crippen LogP contribution is -2.40. The molecule has 0 aliphatic heterocycles. The van der Waals surface area contributed by atoms with Crippen molar-refractivity contribution in [2.45, 2.75) is 6.04 Å². The maximum Gasteiger partial charge on any atom is 0.272 e. The van der Waals surface area contributed by atoms with Crippen molar-refractivity contribution in [1.29, 1.82) is 0 Å². The highest BCUT2D eigenvalue weighted by Crippen LogP contribution is 2.17. The predicted octanol–water partition coefficient (Wildman–Crippen LogP) is 1.73. The molecule has 2 aromatic carbocycles. The minimum absolute atomic E-state index is 0.0491. The number of carbonyl (C=O) groups is 2. The van der Waals surface area contributed by atoms with Gasteiger partial charge in [0.05, 0.1) is 5.69 Å². The van der Waals surface area contributed by atoms with E-state index < -0.39 is 35.0 Å². The van der Waals surface area contributed by atoms with Crippen LogP contribution in [0.2, 0.25) is 0 Å². The largest absolute Gasteiger partial charge is 0.357 e. The van der Waals surface area contributed by atoms with Gasteiger partial charge < -0.3 is 10.6 Å². The van der Waals surface area contributed by atoms with Crippen molar-refractivity contribution in [3.63, 3.8) is 0 Å². The van der Waals surface area contributed by atoms with Gasteiger partial charge >= 0.3 is 0 Å². The van der Waals surface area contributed by atoms with Gasteiger partial charge in [0.25, 0.3) is 11.5 Å². The van der Waals surface area contributed by atoms with Crippen molar-refractivity contribution >= 4 is 11.8 Å². The number of hydrogen-bond donors (Lipinski definition) is 2. The third-order valence-electron chi connectivity index (χ3n) is 4.09. The van der Waals surface area contributed by atoms with Gasteiger partial charge in [-0.15, -0.1) is 0 Å². The number of rotatable bonds is 5. The molecular formula is C20H16F2N4O3. The molecule has 0 radical (unpaired) electrons. The van der Waals surface area contributed by atoms with Crippen molar-refractivity contribution in [2.24, 2.45) is 0 Å². The molecule has 29 heavy (non-hydrogen) atoms. The molecule has 7 nitrogen and oxygen atoms in total. The normalized spacial score (nSPS) is 11.6. The highest BCUT2D eigenvalue weighted by molar-refractivity contribution is 5.96. The predicted molar refractivity (Wildman–Crippen MR) is 100 cm³/mol. The number of amides is 2. The number of nitrogens with zero attached hydrogens (tertiary/aromatic N) is 2. The van der Waals surface area contributed by atoms with Crippen LogP contribution in [0.15, 0.2) is 65.5 Å². The number of carbonyl (C=O) groups excluding carboxylic acids is 2. The van der Waals surface area contributed by atoms with Crippen LogP contribution >= 0.6 is 0 Å². The summed E-state index contributed by atoms with van der Waals surface area (Å²) in [6.07, 6.45) is 0. The van der Waals surface area contributed by atoms with Crippen LogP contribution in [-0.2, 0) is 4.79 Å².